The highest BCUT2D eigenvalue weighted by Gasteiger charge is 2.30. The van der Waals surface area contributed by atoms with E-state index in [1.54, 1.807) is 12.1 Å². The monoisotopic (exact) mass is 432 g/mol. The number of hydrogen-bond acceptors (Lipinski definition) is 5. The maximum atomic E-state index is 10.5. The van der Waals surface area contributed by atoms with Crippen molar-refractivity contribution in [3.8, 4) is 17.2 Å². The quantitative estimate of drug-likeness (QED) is 0.470. The van der Waals surface area contributed by atoms with Crippen LogP contribution in [-0.2, 0) is 9.59 Å². The molecule has 1 atom stereocenters. The molecule has 0 aliphatic heterocycles. The number of aliphatic carboxylic acids is 2. The Labute approximate surface area is 183 Å². The topological polar surface area (TPSA) is 102 Å². The van der Waals surface area contributed by atoms with Gasteiger partial charge in [0.25, 0.3) is 0 Å². The Kier molecular flexibility index (Phi) is 9.86. The summed E-state index contributed by atoms with van der Waals surface area (Å²) in [5, 5.41) is 17.1. The van der Waals surface area contributed by atoms with Gasteiger partial charge in [0.1, 0.15) is 0 Å². The summed E-state index contributed by atoms with van der Waals surface area (Å²) in [6, 6.07) is 3.33. The van der Waals surface area contributed by atoms with Crippen LogP contribution in [0.3, 0.4) is 0 Å². The van der Waals surface area contributed by atoms with Crippen LogP contribution >= 0.6 is 0 Å². The summed E-state index contributed by atoms with van der Waals surface area (Å²) in [7, 11) is 4.51. The molecule has 0 heterocycles. The molecule has 2 N–H and O–H groups in total. The molecule has 0 spiro atoms. The lowest BCUT2D eigenvalue weighted by atomic mass is 9.68. The average Bonchev–Trinajstić information content (AvgIpc) is 2.70. The van der Waals surface area contributed by atoms with Crippen molar-refractivity contribution < 1.29 is 34.0 Å². The Hall–Kier alpha value is -3.22. The van der Waals surface area contributed by atoms with E-state index in [-0.39, 0.29) is 11.3 Å². The molecule has 31 heavy (non-hydrogen) atoms. The zero-order valence-corrected chi connectivity index (χ0v) is 19.0. The molecule has 1 aromatic rings. The molecular weight excluding hydrogens is 400 g/mol. The summed E-state index contributed by atoms with van der Waals surface area (Å²) in [5.74, 6) is -0.165. The van der Waals surface area contributed by atoms with E-state index in [9.17, 15) is 9.59 Å². The largest absolute Gasteiger partial charge is 0.493 e. The summed E-state index contributed by atoms with van der Waals surface area (Å²) in [6.45, 7) is 6.47. The number of rotatable bonds is 7. The summed E-state index contributed by atoms with van der Waals surface area (Å²) < 4.78 is 15.4. The molecular formula is C24H32O7. The molecule has 170 valence electrons. The first-order valence-corrected chi connectivity index (χ1v) is 9.84. The van der Waals surface area contributed by atoms with Gasteiger partial charge in [-0.3, -0.25) is 0 Å². The lowest BCUT2D eigenvalue weighted by Gasteiger charge is -2.36. The number of ether oxygens (including phenoxy) is 3. The van der Waals surface area contributed by atoms with Crippen LogP contribution < -0.4 is 14.2 Å². The predicted molar refractivity (Wildman–Crippen MR) is 120 cm³/mol. The first kappa shape index (κ1) is 25.8. The van der Waals surface area contributed by atoms with Gasteiger partial charge in [0.2, 0.25) is 5.75 Å². The molecule has 0 saturated heterocycles. The van der Waals surface area contributed by atoms with Crippen molar-refractivity contribution in [3.05, 3.63) is 47.6 Å². The van der Waals surface area contributed by atoms with Gasteiger partial charge in [0.05, 0.1) is 21.3 Å². The maximum absolute atomic E-state index is 10.5. The van der Waals surface area contributed by atoms with Crippen LogP contribution in [0.1, 0.15) is 39.2 Å². The van der Waals surface area contributed by atoms with Crippen molar-refractivity contribution in [1.82, 2.24) is 0 Å². The zero-order chi connectivity index (χ0) is 23.6. The predicted octanol–water partition coefficient (Wildman–Crippen LogP) is 4.82. The normalized spacial score (nSPS) is 17.5. The second-order valence-corrected chi connectivity index (χ2v) is 7.78. The van der Waals surface area contributed by atoms with Gasteiger partial charge in [-0.2, -0.15) is 0 Å². The van der Waals surface area contributed by atoms with Crippen LogP contribution in [-0.4, -0.2) is 43.5 Å². The molecule has 0 bridgehead atoms. The van der Waals surface area contributed by atoms with Crippen LogP contribution in [0.25, 0.3) is 6.08 Å². The van der Waals surface area contributed by atoms with Crippen molar-refractivity contribution in [3.63, 3.8) is 0 Å². The summed E-state index contributed by atoms with van der Waals surface area (Å²) in [6.07, 6.45) is 10.0. The van der Waals surface area contributed by atoms with E-state index in [1.807, 2.05) is 6.08 Å². The molecule has 1 aliphatic rings. The van der Waals surface area contributed by atoms with Gasteiger partial charge in [0, 0.05) is 18.1 Å². The van der Waals surface area contributed by atoms with Gasteiger partial charge in [-0.25, -0.2) is 9.59 Å². The fraction of sp³-hybridized carbons (Fsp3) is 0.417. The number of carboxylic acid groups (broad SMARTS) is 2. The van der Waals surface area contributed by atoms with E-state index < -0.39 is 11.9 Å². The van der Waals surface area contributed by atoms with Gasteiger partial charge in [0.15, 0.2) is 11.5 Å². The van der Waals surface area contributed by atoms with E-state index in [1.165, 1.54) is 39.1 Å². The molecule has 1 unspecified atom stereocenters. The van der Waals surface area contributed by atoms with E-state index in [2.05, 4.69) is 26.8 Å². The Balaban J connectivity index is 0.000000316. The second kappa shape index (κ2) is 11.8. The third kappa shape index (κ3) is 7.85. The van der Waals surface area contributed by atoms with Gasteiger partial charge in [-0.05, 0) is 49.0 Å². The van der Waals surface area contributed by atoms with Gasteiger partial charge < -0.3 is 24.4 Å². The highest BCUT2D eigenvalue weighted by molar-refractivity contribution is 5.85. The third-order valence-electron chi connectivity index (χ3n) is 5.12. The number of benzene rings is 1. The van der Waals surface area contributed by atoms with Crippen LogP contribution in [0.15, 0.2) is 42.0 Å². The second-order valence-electron chi connectivity index (χ2n) is 7.78. The van der Waals surface area contributed by atoms with E-state index in [0.29, 0.717) is 22.8 Å². The number of allylic oxidation sites excluding steroid dienone is 3. The fourth-order valence-corrected chi connectivity index (χ4v) is 3.53. The zero-order valence-electron chi connectivity index (χ0n) is 19.0. The molecule has 0 amide bonds. The number of hydrogen-bond donors (Lipinski definition) is 2. The van der Waals surface area contributed by atoms with Crippen molar-refractivity contribution >= 4 is 18.0 Å². The minimum absolute atomic E-state index is 0.185. The van der Waals surface area contributed by atoms with Gasteiger partial charge >= 0.3 is 11.9 Å². The highest BCUT2D eigenvalue weighted by Crippen LogP contribution is 2.41. The minimum Gasteiger partial charge on any atom is -0.493 e. The molecule has 0 saturated carbocycles. The Morgan fingerprint density at radius 2 is 1.55 bits per heavy atom. The van der Waals surface area contributed by atoms with Crippen molar-refractivity contribution in [2.75, 3.05) is 21.3 Å². The number of methoxy groups -OCH3 is 3. The lowest BCUT2D eigenvalue weighted by molar-refractivity contribution is -0.132. The summed E-state index contributed by atoms with van der Waals surface area (Å²) in [5.41, 5.74) is 2.13. The summed E-state index contributed by atoms with van der Waals surface area (Å²) >= 11 is 0. The number of carbonyl (C=O) groups is 2. The Bertz CT molecular complexity index is 838. The third-order valence-corrected chi connectivity index (χ3v) is 5.12. The van der Waals surface area contributed by atoms with Crippen LogP contribution in [0, 0.1) is 11.3 Å². The number of carboxylic acids is 2. The lowest BCUT2D eigenvalue weighted by Crippen LogP contribution is -2.26. The Morgan fingerprint density at radius 1 is 1.00 bits per heavy atom. The molecule has 7 heteroatoms. The standard InChI is InChI=1S/C12H14O5.C12H18O2/c1-15-9-6-8(4-5-11(13)14)7-10(16-2)12(9)17-3;1-9-5-4-8-12(2,3)10(9)6-7-11(13)14/h4-7H,1-3H3,(H,13,14);5-7,10H,4,8H2,1-3H3,(H,13,14). The van der Waals surface area contributed by atoms with Crippen molar-refractivity contribution in [2.45, 2.75) is 33.6 Å². The highest BCUT2D eigenvalue weighted by atomic mass is 16.5. The van der Waals surface area contributed by atoms with Crippen molar-refractivity contribution in [1.29, 1.82) is 0 Å². The van der Waals surface area contributed by atoms with E-state index in [0.717, 1.165) is 18.9 Å². The average molecular weight is 433 g/mol. The van der Waals surface area contributed by atoms with E-state index in [4.69, 9.17) is 24.4 Å². The smallest absolute Gasteiger partial charge is 0.328 e. The maximum Gasteiger partial charge on any atom is 0.328 e. The molecule has 1 aliphatic carbocycles. The molecule has 1 aromatic carbocycles. The van der Waals surface area contributed by atoms with Gasteiger partial charge in [-0.15, -0.1) is 0 Å². The first-order valence-electron chi connectivity index (χ1n) is 9.84. The molecule has 0 fully saturated rings. The van der Waals surface area contributed by atoms with Crippen LogP contribution in [0.2, 0.25) is 0 Å². The van der Waals surface area contributed by atoms with Crippen molar-refractivity contribution in [2.24, 2.45) is 11.3 Å². The SMILES string of the molecule is CC1=CCCC(C)(C)C1C=CC(=O)O.COc1cc(C=CC(=O)O)cc(OC)c1OC. The fourth-order valence-electron chi connectivity index (χ4n) is 3.53. The van der Waals surface area contributed by atoms with Crippen LogP contribution in [0.5, 0.6) is 17.2 Å². The summed E-state index contributed by atoms with van der Waals surface area (Å²) in [4.78, 5) is 20.9. The van der Waals surface area contributed by atoms with Crippen LogP contribution in [0.4, 0.5) is 0 Å². The molecule has 0 radical (unpaired) electrons. The van der Waals surface area contributed by atoms with Gasteiger partial charge in [-0.1, -0.05) is 31.6 Å². The Morgan fingerprint density at radius 3 is 1.97 bits per heavy atom. The molecule has 7 nitrogen and oxygen atoms in total. The molecule has 0 aromatic heterocycles. The molecule has 2 rings (SSSR count). The van der Waals surface area contributed by atoms with E-state index >= 15 is 0 Å². The minimum atomic E-state index is -1.02. The first-order chi connectivity index (χ1) is 14.5.